The lowest BCUT2D eigenvalue weighted by molar-refractivity contribution is 0.0911. The zero-order valence-electron chi connectivity index (χ0n) is 10.9. The number of nitrogens with two attached hydrogens (primary N) is 1. The van der Waals surface area contributed by atoms with Crippen LogP contribution in [0.2, 0.25) is 0 Å². The standard InChI is InChI=1S/C15H23NO/c1-15(2,12-7-4-3-5-8-12)14(16)11-13-9-6-10-17-13/h3-5,7-8,13-14H,6,9-11,16H2,1-2H3. The van der Waals surface area contributed by atoms with Gasteiger partial charge in [-0.05, 0) is 24.8 Å². The lowest BCUT2D eigenvalue weighted by Gasteiger charge is -2.33. The second kappa shape index (κ2) is 5.19. The minimum atomic E-state index is 0.00715. The molecule has 1 fully saturated rings. The van der Waals surface area contributed by atoms with E-state index in [1.165, 1.54) is 18.4 Å². The van der Waals surface area contributed by atoms with Crippen molar-refractivity contribution in [3.8, 4) is 0 Å². The fourth-order valence-corrected chi connectivity index (χ4v) is 2.49. The van der Waals surface area contributed by atoms with Crippen LogP contribution >= 0.6 is 0 Å². The highest BCUT2D eigenvalue weighted by Gasteiger charge is 2.31. The molecule has 0 spiro atoms. The van der Waals surface area contributed by atoms with Crippen molar-refractivity contribution in [2.75, 3.05) is 6.61 Å². The van der Waals surface area contributed by atoms with Gasteiger partial charge in [0, 0.05) is 18.1 Å². The number of hydrogen-bond donors (Lipinski definition) is 1. The summed E-state index contributed by atoms with van der Waals surface area (Å²) in [6.45, 7) is 5.35. The lowest BCUT2D eigenvalue weighted by atomic mass is 9.76. The fourth-order valence-electron chi connectivity index (χ4n) is 2.49. The van der Waals surface area contributed by atoms with Crippen molar-refractivity contribution in [1.82, 2.24) is 0 Å². The van der Waals surface area contributed by atoms with E-state index in [0.717, 1.165) is 13.0 Å². The monoisotopic (exact) mass is 233 g/mol. The fraction of sp³-hybridized carbons (Fsp3) is 0.600. The molecule has 2 atom stereocenters. The summed E-state index contributed by atoms with van der Waals surface area (Å²) >= 11 is 0. The number of hydrogen-bond acceptors (Lipinski definition) is 2. The lowest BCUT2D eigenvalue weighted by Crippen LogP contribution is -2.43. The molecule has 0 amide bonds. The van der Waals surface area contributed by atoms with Crippen molar-refractivity contribution in [1.29, 1.82) is 0 Å². The Morgan fingerprint density at radius 1 is 1.35 bits per heavy atom. The molecule has 17 heavy (non-hydrogen) atoms. The van der Waals surface area contributed by atoms with E-state index in [1.54, 1.807) is 0 Å². The molecule has 2 heteroatoms. The Balaban J connectivity index is 2.03. The Morgan fingerprint density at radius 2 is 2.06 bits per heavy atom. The Kier molecular flexibility index (Phi) is 3.85. The molecular formula is C15H23NO. The molecular weight excluding hydrogens is 210 g/mol. The first-order chi connectivity index (χ1) is 8.10. The van der Waals surface area contributed by atoms with Crippen LogP contribution in [0.1, 0.15) is 38.7 Å². The van der Waals surface area contributed by atoms with Gasteiger partial charge in [-0.15, -0.1) is 0 Å². The quantitative estimate of drug-likeness (QED) is 0.868. The topological polar surface area (TPSA) is 35.2 Å². The van der Waals surface area contributed by atoms with Crippen LogP contribution in [0.4, 0.5) is 0 Å². The highest BCUT2D eigenvalue weighted by atomic mass is 16.5. The normalized spacial score (nSPS) is 22.6. The molecule has 0 bridgehead atoms. The van der Waals surface area contributed by atoms with E-state index in [1.807, 2.05) is 6.07 Å². The summed E-state index contributed by atoms with van der Waals surface area (Å²) in [5.41, 5.74) is 7.70. The van der Waals surface area contributed by atoms with Gasteiger partial charge in [0.25, 0.3) is 0 Å². The number of ether oxygens (including phenoxy) is 1. The third-order valence-electron chi connectivity index (χ3n) is 3.99. The zero-order chi connectivity index (χ0) is 12.3. The van der Waals surface area contributed by atoms with Gasteiger partial charge >= 0.3 is 0 Å². The van der Waals surface area contributed by atoms with Crippen LogP contribution in [-0.2, 0) is 10.2 Å². The molecule has 2 rings (SSSR count). The van der Waals surface area contributed by atoms with Gasteiger partial charge in [-0.3, -0.25) is 0 Å². The Morgan fingerprint density at radius 3 is 2.65 bits per heavy atom. The predicted molar refractivity (Wildman–Crippen MR) is 71.0 cm³/mol. The van der Waals surface area contributed by atoms with Gasteiger partial charge < -0.3 is 10.5 Å². The zero-order valence-corrected chi connectivity index (χ0v) is 10.9. The number of rotatable bonds is 4. The molecule has 1 aromatic carbocycles. The van der Waals surface area contributed by atoms with E-state index < -0.39 is 0 Å². The molecule has 94 valence electrons. The van der Waals surface area contributed by atoms with Gasteiger partial charge in [0.1, 0.15) is 0 Å². The van der Waals surface area contributed by atoms with Crippen LogP contribution in [0.3, 0.4) is 0 Å². The van der Waals surface area contributed by atoms with Crippen molar-refractivity contribution in [2.45, 2.75) is 50.7 Å². The van der Waals surface area contributed by atoms with E-state index in [4.69, 9.17) is 10.5 Å². The number of benzene rings is 1. The maximum absolute atomic E-state index is 6.38. The first-order valence-electron chi connectivity index (χ1n) is 6.53. The van der Waals surface area contributed by atoms with Crippen LogP contribution in [-0.4, -0.2) is 18.8 Å². The smallest absolute Gasteiger partial charge is 0.0591 e. The Bertz CT molecular complexity index is 341. The van der Waals surface area contributed by atoms with Crippen molar-refractivity contribution in [3.05, 3.63) is 35.9 Å². The maximum atomic E-state index is 6.38. The van der Waals surface area contributed by atoms with E-state index in [9.17, 15) is 0 Å². The van der Waals surface area contributed by atoms with Gasteiger partial charge in [0.2, 0.25) is 0 Å². The third kappa shape index (κ3) is 2.88. The molecule has 1 heterocycles. The molecule has 1 aromatic rings. The second-order valence-corrected chi connectivity index (χ2v) is 5.56. The van der Waals surface area contributed by atoms with Crippen molar-refractivity contribution in [2.24, 2.45) is 5.73 Å². The average molecular weight is 233 g/mol. The van der Waals surface area contributed by atoms with Crippen LogP contribution < -0.4 is 5.73 Å². The molecule has 2 nitrogen and oxygen atoms in total. The van der Waals surface area contributed by atoms with E-state index in [-0.39, 0.29) is 11.5 Å². The molecule has 1 aliphatic rings. The SMILES string of the molecule is CC(C)(c1ccccc1)C(N)CC1CCCO1. The van der Waals surface area contributed by atoms with Crippen molar-refractivity contribution < 1.29 is 4.74 Å². The molecule has 1 aliphatic heterocycles. The summed E-state index contributed by atoms with van der Waals surface area (Å²) in [5, 5.41) is 0. The second-order valence-electron chi connectivity index (χ2n) is 5.56. The average Bonchev–Trinajstić information content (AvgIpc) is 2.83. The summed E-state index contributed by atoms with van der Waals surface area (Å²) in [7, 11) is 0. The molecule has 0 radical (unpaired) electrons. The molecule has 0 aromatic heterocycles. The van der Waals surface area contributed by atoms with Crippen LogP contribution in [0, 0.1) is 0 Å². The van der Waals surface area contributed by atoms with E-state index >= 15 is 0 Å². The Labute approximate surface area is 104 Å². The molecule has 2 unspecified atom stereocenters. The first kappa shape index (κ1) is 12.6. The molecule has 0 saturated carbocycles. The van der Waals surface area contributed by atoms with Gasteiger partial charge in [0.15, 0.2) is 0 Å². The van der Waals surface area contributed by atoms with Gasteiger partial charge in [-0.25, -0.2) is 0 Å². The molecule has 0 aliphatic carbocycles. The summed E-state index contributed by atoms with van der Waals surface area (Å²) in [6.07, 6.45) is 3.68. The summed E-state index contributed by atoms with van der Waals surface area (Å²) in [5.74, 6) is 0. The molecule has 1 saturated heterocycles. The van der Waals surface area contributed by atoms with E-state index in [0.29, 0.717) is 6.10 Å². The van der Waals surface area contributed by atoms with Gasteiger partial charge in [0.05, 0.1) is 6.10 Å². The van der Waals surface area contributed by atoms with Crippen molar-refractivity contribution in [3.63, 3.8) is 0 Å². The van der Waals surface area contributed by atoms with Crippen molar-refractivity contribution >= 4 is 0 Å². The predicted octanol–water partition coefficient (Wildman–Crippen LogP) is 2.86. The Hall–Kier alpha value is -0.860. The van der Waals surface area contributed by atoms with Gasteiger partial charge in [-0.2, -0.15) is 0 Å². The van der Waals surface area contributed by atoms with Gasteiger partial charge in [-0.1, -0.05) is 44.2 Å². The molecule has 2 N–H and O–H groups in total. The minimum Gasteiger partial charge on any atom is -0.378 e. The summed E-state index contributed by atoms with van der Waals surface area (Å²) in [4.78, 5) is 0. The van der Waals surface area contributed by atoms with E-state index in [2.05, 4.69) is 38.1 Å². The third-order valence-corrected chi connectivity index (χ3v) is 3.99. The summed E-state index contributed by atoms with van der Waals surface area (Å²) in [6, 6.07) is 10.7. The minimum absolute atomic E-state index is 0.00715. The van der Waals surface area contributed by atoms with Crippen LogP contribution in [0.5, 0.6) is 0 Å². The van der Waals surface area contributed by atoms with Crippen LogP contribution in [0.15, 0.2) is 30.3 Å². The van der Waals surface area contributed by atoms with Crippen LogP contribution in [0.25, 0.3) is 0 Å². The largest absolute Gasteiger partial charge is 0.378 e. The highest BCUT2D eigenvalue weighted by Crippen LogP contribution is 2.30. The maximum Gasteiger partial charge on any atom is 0.0591 e. The highest BCUT2D eigenvalue weighted by molar-refractivity contribution is 5.25. The summed E-state index contributed by atoms with van der Waals surface area (Å²) < 4.78 is 5.67. The first-order valence-corrected chi connectivity index (χ1v) is 6.53.